The summed E-state index contributed by atoms with van der Waals surface area (Å²) in [6.07, 6.45) is 4.16. The number of pyridine rings is 1. The second kappa shape index (κ2) is 7.03. The van der Waals surface area contributed by atoms with Gasteiger partial charge in [0.25, 0.3) is 0 Å². The number of carbonyl (C=O) groups is 1. The van der Waals surface area contributed by atoms with Gasteiger partial charge in [0.1, 0.15) is 0 Å². The molecule has 0 aliphatic heterocycles. The SMILES string of the molecule is O=C(CCc1ccccn1)NC(c1cccs1)C1CC(O)C1. The molecule has 1 aliphatic rings. The Labute approximate surface area is 134 Å². The number of hydrogen-bond donors (Lipinski definition) is 2. The third kappa shape index (κ3) is 3.72. The molecule has 0 radical (unpaired) electrons. The zero-order valence-electron chi connectivity index (χ0n) is 12.3. The molecule has 2 aromatic rings. The number of hydrogen-bond acceptors (Lipinski definition) is 4. The minimum atomic E-state index is -0.210. The molecular formula is C17H20N2O2S. The lowest BCUT2D eigenvalue weighted by Crippen LogP contribution is -2.41. The normalized spacial score (nSPS) is 21.9. The van der Waals surface area contributed by atoms with Gasteiger partial charge in [-0.15, -0.1) is 11.3 Å². The van der Waals surface area contributed by atoms with Gasteiger partial charge >= 0.3 is 0 Å². The van der Waals surface area contributed by atoms with Crippen LogP contribution in [-0.2, 0) is 11.2 Å². The fourth-order valence-electron chi connectivity index (χ4n) is 2.82. The Morgan fingerprint density at radius 3 is 2.86 bits per heavy atom. The van der Waals surface area contributed by atoms with Gasteiger partial charge in [0.05, 0.1) is 12.1 Å². The highest BCUT2D eigenvalue weighted by molar-refractivity contribution is 7.10. The molecule has 22 heavy (non-hydrogen) atoms. The van der Waals surface area contributed by atoms with Crippen molar-refractivity contribution in [1.82, 2.24) is 10.3 Å². The van der Waals surface area contributed by atoms with Crippen LogP contribution in [0, 0.1) is 5.92 Å². The van der Waals surface area contributed by atoms with Crippen LogP contribution in [-0.4, -0.2) is 22.1 Å². The third-order valence-corrected chi connectivity index (χ3v) is 5.08. The second-order valence-electron chi connectivity index (χ2n) is 5.77. The minimum absolute atomic E-state index is 0.0274. The van der Waals surface area contributed by atoms with Crippen molar-refractivity contribution < 1.29 is 9.90 Å². The molecule has 0 saturated heterocycles. The summed E-state index contributed by atoms with van der Waals surface area (Å²) < 4.78 is 0. The molecule has 5 heteroatoms. The summed E-state index contributed by atoms with van der Waals surface area (Å²) in [7, 11) is 0. The molecule has 1 aliphatic carbocycles. The summed E-state index contributed by atoms with van der Waals surface area (Å²) in [5.74, 6) is 0.387. The third-order valence-electron chi connectivity index (χ3n) is 4.12. The highest BCUT2D eigenvalue weighted by Gasteiger charge is 2.35. The summed E-state index contributed by atoms with van der Waals surface area (Å²) >= 11 is 1.66. The van der Waals surface area contributed by atoms with E-state index < -0.39 is 0 Å². The number of amides is 1. The smallest absolute Gasteiger partial charge is 0.220 e. The number of aliphatic hydroxyl groups is 1. The Hall–Kier alpha value is -1.72. The highest BCUT2D eigenvalue weighted by Crippen LogP contribution is 2.39. The number of aliphatic hydroxyl groups excluding tert-OH is 1. The van der Waals surface area contributed by atoms with Gasteiger partial charge in [-0.3, -0.25) is 9.78 Å². The van der Waals surface area contributed by atoms with E-state index in [1.165, 1.54) is 4.88 Å². The van der Waals surface area contributed by atoms with Crippen LogP contribution in [0.25, 0.3) is 0 Å². The van der Waals surface area contributed by atoms with Crippen LogP contribution in [0.3, 0.4) is 0 Å². The van der Waals surface area contributed by atoms with E-state index in [0.29, 0.717) is 18.8 Å². The van der Waals surface area contributed by atoms with E-state index in [0.717, 1.165) is 18.5 Å². The van der Waals surface area contributed by atoms with Gasteiger partial charge in [0.2, 0.25) is 5.91 Å². The number of nitrogens with one attached hydrogen (secondary N) is 1. The predicted molar refractivity (Wildman–Crippen MR) is 86.5 cm³/mol. The molecule has 1 atom stereocenters. The second-order valence-corrected chi connectivity index (χ2v) is 6.75. The topological polar surface area (TPSA) is 62.2 Å². The molecule has 1 amide bonds. The van der Waals surface area contributed by atoms with Crippen LogP contribution >= 0.6 is 11.3 Å². The fourth-order valence-corrected chi connectivity index (χ4v) is 3.69. The van der Waals surface area contributed by atoms with Crippen LogP contribution in [0.2, 0.25) is 0 Å². The Kier molecular flexibility index (Phi) is 4.85. The van der Waals surface area contributed by atoms with Crippen molar-refractivity contribution in [3.63, 3.8) is 0 Å². The van der Waals surface area contributed by atoms with Crippen LogP contribution in [0.4, 0.5) is 0 Å². The van der Waals surface area contributed by atoms with Crippen LogP contribution in [0.5, 0.6) is 0 Å². The van der Waals surface area contributed by atoms with Crippen LogP contribution in [0.15, 0.2) is 41.9 Å². The van der Waals surface area contributed by atoms with Gasteiger partial charge in [0.15, 0.2) is 0 Å². The molecule has 0 spiro atoms. The lowest BCUT2D eigenvalue weighted by molar-refractivity contribution is -0.123. The average molecular weight is 316 g/mol. The number of nitrogens with zero attached hydrogens (tertiary/aromatic N) is 1. The van der Waals surface area contributed by atoms with Gasteiger partial charge in [-0.05, 0) is 48.8 Å². The van der Waals surface area contributed by atoms with E-state index in [1.54, 1.807) is 17.5 Å². The van der Waals surface area contributed by atoms with Crippen molar-refractivity contribution in [2.24, 2.45) is 5.92 Å². The van der Waals surface area contributed by atoms with Crippen LogP contribution in [0.1, 0.15) is 35.9 Å². The van der Waals surface area contributed by atoms with E-state index in [1.807, 2.05) is 29.6 Å². The summed E-state index contributed by atoms with van der Waals surface area (Å²) in [6.45, 7) is 0. The van der Waals surface area contributed by atoms with E-state index in [9.17, 15) is 9.90 Å². The average Bonchev–Trinajstić information content (AvgIpc) is 3.03. The van der Waals surface area contributed by atoms with E-state index in [2.05, 4.69) is 16.4 Å². The quantitative estimate of drug-likeness (QED) is 0.861. The molecule has 1 unspecified atom stereocenters. The number of thiophene rings is 1. The molecule has 0 aromatic carbocycles. The molecular weight excluding hydrogens is 296 g/mol. The Morgan fingerprint density at radius 1 is 1.36 bits per heavy atom. The first-order valence-corrected chi connectivity index (χ1v) is 8.51. The monoisotopic (exact) mass is 316 g/mol. The lowest BCUT2D eigenvalue weighted by Gasteiger charge is -2.37. The summed E-state index contributed by atoms with van der Waals surface area (Å²) in [5.41, 5.74) is 0.935. The molecule has 2 aromatic heterocycles. The van der Waals surface area contributed by atoms with Crippen molar-refractivity contribution in [2.45, 2.75) is 37.8 Å². The first kappa shape index (κ1) is 15.2. The zero-order chi connectivity index (χ0) is 15.4. The molecule has 2 N–H and O–H groups in total. The molecule has 1 saturated carbocycles. The highest BCUT2D eigenvalue weighted by atomic mass is 32.1. The van der Waals surface area contributed by atoms with E-state index >= 15 is 0 Å². The van der Waals surface area contributed by atoms with Gasteiger partial charge in [-0.1, -0.05) is 12.1 Å². The number of carbonyl (C=O) groups excluding carboxylic acids is 1. The Bertz CT molecular complexity index is 594. The minimum Gasteiger partial charge on any atom is -0.393 e. The van der Waals surface area contributed by atoms with Gasteiger partial charge in [0, 0.05) is 23.2 Å². The van der Waals surface area contributed by atoms with E-state index in [-0.39, 0.29) is 18.1 Å². The maximum atomic E-state index is 12.3. The van der Waals surface area contributed by atoms with Gasteiger partial charge in [-0.25, -0.2) is 0 Å². The molecule has 2 heterocycles. The molecule has 3 rings (SSSR count). The Balaban J connectivity index is 1.57. The van der Waals surface area contributed by atoms with Crippen molar-refractivity contribution in [3.8, 4) is 0 Å². The van der Waals surface area contributed by atoms with Crippen LogP contribution < -0.4 is 5.32 Å². The predicted octanol–water partition coefficient (Wildman–Crippen LogP) is 2.70. The molecule has 0 bridgehead atoms. The molecule has 1 fully saturated rings. The van der Waals surface area contributed by atoms with Crippen molar-refractivity contribution in [2.75, 3.05) is 0 Å². The van der Waals surface area contributed by atoms with Gasteiger partial charge in [-0.2, -0.15) is 0 Å². The fraction of sp³-hybridized carbons (Fsp3) is 0.412. The van der Waals surface area contributed by atoms with Gasteiger partial charge < -0.3 is 10.4 Å². The molecule has 116 valence electrons. The number of aromatic nitrogens is 1. The zero-order valence-corrected chi connectivity index (χ0v) is 13.1. The number of aryl methyl sites for hydroxylation is 1. The standard InChI is InChI=1S/C17H20N2O2S/c20-14-10-12(11-14)17(15-5-3-9-22-15)19-16(21)7-6-13-4-1-2-8-18-13/h1-5,8-9,12,14,17,20H,6-7,10-11H2,(H,19,21). The molecule has 4 nitrogen and oxygen atoms in total. The lowest BCUT2D eigenvalue weighted by atomic mass is 9.76. The summed E-state index contributed by atoms with van der Waals surface area (Å²) in [4.78, 5) is 17.7. The maximum Gasteiger partial charge on any atom is 0.220 e. The van der Waals surface area contributed by atoms with Crippen molar-refractivity contribution in [3.05, 3.63) is 52.5 Å². The largest absolute Gasteiger partial charge is 0.393 e. The Morgan fingerprint density at radius 2 is 2.23 bits per heavy atom. The van der Waals surface area contributed by atoms with E-state index in [4.69, 9.17) is 0 Å². The first-order chi connectivity index (χ1) is 10.7. The first-order valence-electron chi connectivity index (χ1n) is 7.63. The summed E-state index contributed by atoms with van der Waals surface area (Å²) in [6, 6.07) is 9.83. The van der Waals surface area contributed by atoms with Crippen molar-refractivity contribution >= 4 is 17.2 Å². The van der Waals surface area contributed by atoms with Crippen molar-refractivity contribution in [1.29, 1.82) is 0 Å². The maximum absolute atomic E-state index is 12.3. The summed E-state index contributed by atoms with van der Waals surface area (Å²) in [5, 5.41) is 14.7. The number of rotatable bonds is 6.